The number of anilines is 3. The van der Waals surface area contributed by atoms with Gasteiger partial charge >= 0.3 is 0 Å². The maximum atomic E-state index is 2.50. The molecule has 0 atom stereocenters. The third-order valence-electron chi connectivity index (χ3n) is 13.3. The maximum Gasteiger partial charge on any atom is 0.0619 e. The molecule has 4 bridgehead atoms. The molecule has 0 saturated heterocycles. The molecule has 0 spiro atoms. The average Bonchev–Trinajstić information content (AvgIpc) is 3.74. The summed E-state index contributed by atoms with van der Waals surface area (Å²) in [5.74, 6) is 2.82. The first-order valence-electron chi connectivity index (χ1n) is 19.5. The second kappa shape index (κ2) is 11.3. The van der Waals surface area contributed by atoms with Crippen molar-refractivity contribution in [2.45, 2.75) is 43.9 Å². The van der Waals surface area contributed by atoms with Gasteiger partial charge in [0.15, 0.2) is 0 Å². The summed E-state index contributed by atoms with van der Waals surface area (Å²) in [5, 5.41) is 7.76. The third kappa shape index (κ3) is 4.56. The fourth-order valence-electron chi connectivity index (χ4n) is 11.5. The van der Waals surface area contributed by atoms with E-state index in [1.54, 1.807) is 5.56 Å². The predicted octanol–water partition coefficient (Wildman–Crippen LogP) is 14.2. The number of thiophene rings is 1. The molecular formula is C50H40N2S. The molecule has 0 N–H and O–H groups in total. The largest absolute Gasteiger partial charge is 0.310 e. The molecule has 2 aromatic heterocycles. The van der Waals surface area contributed by atoms with Crippen molar-refractivity contribution in [3.05, 3.63) is 157 Å². The van der Waals surface area contributed by atoms with Crippen LogP contribution < -0.4 is 4.90 Å². The van der Waals surface area contributed by atoms with Crippen LogP contribution in [0.3, 0.4) is 0 Å². The minimum atomic E-state index is 0.389. The van der Waals surface area contributed by atoms with Crippen LogP contribution in [0.25, 0.3) is 58.4 Å². The Bertz CT molecular complexity index is 2840. The molecule has 0 radical (unpaired) electrons. The van der Waals surface area contributed by atoms with E-state index in [1.807, 2.05) is 11.3 Å². The van der Waals surface area contributed by atoms with E-state index in [0.717, 1.165) is 17.8 Å². The van der Waals surface area contributed by atoms with Gasteiger partial charge in [-0.1, -0.05) is 91.0 Å². The first-order chi connectivity index (χ1) is 26.2. The smallest absolute Gasteiger partial charge is 0.0619 e. The highest BCUT2D eigenvalue weighted by molar-refractivity contribution is 7.25. The van der Waals surface area contributed by atoms with Crippen molar-refractivity contribution in [3.8, 4) is 5.69 Å². The van der Waals surface area contributed by atoms with Crippen LogP contribution >= 0.6 is 11.3 Å². The average molecular weight is 701 g/mol. The van der Waals surface area contributed by atoms with Gasteiger partial charge in [0.25, 0.3) is 0 Å². The molecule has 4 saturated carbocycles. The Morgan fingerprint density at radius 3 is 1.87 bits per heavy atom. The van der Waals surface area contributed by atoms with Crippen LogP contribution in [0.5, 0.6) is 0 Å². The van der Waals surface area contributed by atoms with Gasteiger partial charge in [-0.05, 0) is 133 Å². The van der Waals surface area contributed by atoms with E-state index in [2.05, 4.69) is 161 Å². The molecule has 2 heterocycles. The molecular weight excluding hydrogens is 661 g/mol. The Balaban J connectivity index is 1.03. The SMILES string of the molecule is c1ccc(-n2c3ccccc3c3ccc4cc(N(c5ccc(C67CC8CC(CC(C8)C6)C7)cc5)c5ccc6c(c5)sc5ccccc56)ccc4c32)cc1. The second-order valence-corrected chi connectivity index (χ2v) is 17.5. The van der Waals surface area contributed by atoms with Gasteiger partial charge in [0.1, 0.15) is 0 Å². The lowest BCUT2D eigenvalue weighted by Crippen LogP contribution is -2.48. The quantitative estimate of drug-likeness (QED) is 0.173. The number of nitrogens with zero attached hydrogens (tertiary/aromatic N) is 2. The molecule has 13 rings (SSSR count). The zero-order valence-electron chi connectivity index (χ0n) is 29.7. The number of benzene rings is 7. The first kappa shape index (κ1) is 30.1. The van der Waals surface area contributed by atoms with Crippen LogP contribution in [0, 0.1) is 17.8 Å². The molecule has 53 heavy (non-hydrogen) atoms. The summed E-state index contributed by atoms with van der Waals surface area (Å²) in [7, 11) is 0. The number of hydrogen-bond donors (Lipinski definition) is 0. The maximum absolute atomic E-state index is 2.50. The lowest BCUT2D eigenvalue weighted by molar-refractivity contribution is -0.00518. The topological polar surface area (TPSA) is 8.17 Å². The van der Waals surface area contributed by atoms with Gasteiger partial charge in [-0.2, -0.15) is 0 Å². The van der Waals surface area contributed by atoms with Gasteiger partial charge < -0.3 is 9.47 Å². The Hall–Kier alpha value is -5.38. The summed E-state index contributed by atoms with van der Waals surface area (Å²) in [4.78, 5) is 2.49. The van der Waals surface area contributed by atoms with Gasteiger partial charge in [0.05, 0.1) is 11.0 Å². The molecule has 7 aromatic carbocycles. The monoisotopic (exact) mass is 700 g/mol. The lowest BCUT2D eigenvalue weighted by Gasteiger charge is -2.57. The summed E-state index contributed by atoms with van der Waals surface area (Å²) in [6.07, 6.45) is 8.61. The highest BCUT2D eigenvalue weighted by atomic mass is 32.1. The number of aromatic nitrogens is 1. The first-order valence-corrected chi connectivity index (χ1v) is 20.3. The van der Waals surface area contributed by atoms with Crippen LogP contribution in [0.1, 0.15) is 44.1 Å². The van der Waals surface area contributed by atoms with E-state index in [0.29, 0.717) is 5.41 Å². The Morgan fingerprint density at radius 2 is 1.09 bits per heavy atom. The molecule has 4 aliphatic carbocycles. The number of para-hydroxylation sites is 2. The van der Waals surface area contributed by atoms with E-state index < -0.39 is 0 Å². The van der Waals surface area contributed by atoms with E-state index in [4.69, 9.17) is 0 Å². The van der Waals surface area contributed by atoms with Crippen LogP contribution in [0.2, 0.25) is 0 Å². The standard InChI is InChI=1S/C50H40N2S/c1-2-8-37(9-3-1)52-46-12-6-4-10-42(46)45-21-14-35-27-39(19-22-41(35)49(45)52)51(40-20-23-44-43-11-5-7-13-47(43)53-48(44)28-40)38-17-15-36(16-18-38)50-29-32-24-33(30-50)26-34(25-32)31-50/h1-23,27-28,32-34H,24-26,29-31H2. The number of rotatable bonds is 5. The van der Waals surface area contributed by atoms with E-state index >= 15 is 0 Å². The molecule has 4 fully saturated rings. The fourth-order valence-corrected chi connectivity index (χ4v) is 12.6. The van der Waals surface area contributed by atoms with Gasteiger partial charge in [0.2, 0.25) is 0 Å². The van der Waals surface area contributed by atoms with Crippen LogP contribution in [-0.4, -0.2) is 4.57 Å². The highest BCUT2D eigenvalue weighted by Gasteiger charge is 2.51. The Kier molecular flexibility index (Phi) is 6.43. The van der Waals surface area contributed by atoms with Gasteiger partial charge in [-0.3, -0.25) is 0 Å². The summed E-state index contributed by atoms with van der Waals surface area (Å²) in [5.41, 5.74) is 9.26. The Labute approximate surface area is 313 Å². The van der Waals surface area contributed by atoms with Gasteiger partial charge in [0, 0.05) is 59.1 Å². The van der Waals surface area contributed by atoms with Crippen molar-refractivity contribution in [1.29, 1.82) is 0 Å². The van der Waals surface area contributed by atoms with Crippen molar-refractivity contribution < 1.29 is 0 Å². The molecule has 0 aliphatic heterocycles. The summed E-state index contributed by atoms with van der Waals surface area (Å²) in [6.45, 7) is 0. The van der Waals surface area contributed by atoms with Crippen LogP contribution in [0.15, 0.2) is 152 Å². The van der Waals surface area contributed by atoms with E-state index in [1.165, 1.54) is 114 Å². The van der Waals surface area contributed by atoms with Crippen molar-refractivity contribution in [2.24, 2.45) is 17.8 Å². The van der Waals surface area contributed by atoms with Gasteiger partial charge in [-0.15, -0.1) is 11.3 Å². The second-order valence-electron chi connectivity index (χ2n) is 16.4. The molecule has 2 nitrogen and oxygen atoms in total. The zero-order valence-corrected chi connectivity index (χ0v) is 30.5. The molecule has 3 heteroatoms. The fraction of sp³-hybridized carbons (Fsp3) is 0.200. The van der Waals surface area contributed by atoms with Crippen molar-refractivity contribution in [1.82, 2.24) is 4.57 Å². The predicted molar refractivity (Wildman–Crippen MR) is 226 cm³/mol. The molecule has 0 unspecified atom stereocenters. The lowest BCUT2D eigenvalue weighted by atomic mass is 9.48. The molecule has 256 valence electrons. The van der Waals surface area contributed by atoms with Crippen LogP contribution in [-0.2, 0) is 5.41 Å². The summed E-state index contributed by atoms with van der Waals surface area (Å²) >= 11 is 1.89. The molecule has 9 aromatic rings. The Morgan fingerprint density at radius 1 is 0.491 bits per heavy atom. The number of hydrogen-bond acceptors (Lipinski definition) is 2. The van der Waals surface area contributed by atoms with Crippen molar-refractivity contribution >= 4 is 81.1 Å². The minimum Gasteiger partial charge on any atom is -0.310 e. The molecule has 4 aliphatic rings. The zero-order chi connectivity index (χ0) is 34.7. The highest BCUT2D eigenvalue weighted by Crippen LogP contribution is 2.61. The molecule has 0 amide bonds. The van der Waals surface area contributed by atoms with Crippen molar-refractivity contribution in [3.63, 3.8) is 0 Å². The van der Waals surface area contributed by atoms with E-state index in [9.17, 15) is 0 Å². The minimum absolute atomic E-state index is 0.389. The van der Waals surface area contributed by atoms with Crippen molar-refractivity contribution in [2.75, 3.05) is 4.90 Å². The number of fused-ring (bicyclic) bond motifs is 8. The normalized spacial score (nSPS) is 22.2. The summed E-state index contributed by atoms with van der Waals surface area (Å²) < 4.78 is 5.12. The van der Waals surface area contributed by atoms with E-state index in [-0.39, 0.29) is 0 Å². The third-order valence-corrected chi connectivity index (χ3v) is 14.4. The van der Waals surface area contributed by atoms with Crippen LogP contribution in [0.4, 0.5) is 17.1 Å². The van der Waals surface area contributed by atoms with Gasteiger partial charge in [-0.25, -0.2) is 0 Å². The summed E-state index contributed by atoms with van der Waals surface area (Å²) in [6, 6.07) is 57.1.